The lowest BCUT2D eigenvalue weighted by Crippen LogP contribution is -2.46. The fourth-order valence-electron chi connectivity index (χ4n) is 2.96. The number of rotatable bonds is 6. The third-order valence-corrected chi connectivity index (χ3v) is 6.13. The Morgan fingerprint density at radius 2 is 1.70 bits per heavy atom. The van der Waals surface area contributed by atoms with E-state index >= 15 is 0 Å². The molecule has 0 bridgehead atoms. The van der Waals surface area contributed by atoms with Gasteiger partial charge in [0.25, 0.3) is 0 Å². The highest BCUT2D eigenvalue weighted by atomic mass is 32.2. The second-order valence-corrected chi connectivity index (χ2v) is 9.20. The van der Waals surface area contributed by atoms with Gasteiger partial charge in [-0.05, 0) is 49.6 Å². The van der Waals surface area contributed by atoms with E-state index in [2.05, 4.69) is 4.72 Å². The molecule has 0 aliphatic carbocycles. The van der Waals surface area contributed by atoms with Gasteiger partial charge >= 0.3 is 11.6 Å². The molecule has 1 aromatic heterocycles. The van der Waals surface area contributed by atoms with Crippen LogP contribution in [0.3, 0.4) is 0 Å². The van der Waals surface area contributed by atoms with Gasteiger partial charge in [-0.2, -0.15) is 4.72 Å². The van der Waals surface area contributed by atoms with E-state index in [1.807, 2.05) is 6.92 Å². The normalized spacial score (nSPS) is 12.8. The van der Waals surface area contributed by atoms with E-state index in [1.54, 1.807) is 45.0 Å². The molecule has 1 atom stereocenters. The minimum atomic E-state index is -3.92. The van der Waals surface area contributed by atoms with Crippen molar-refractivity contribution < 1.29 is 22.4 Å². The van der Waals surface area contributed by atoms with E-state index < -0.39 is 27.7 Å². The van der Waals surface area contributed by atoms with Gasteiger partial charge in [0.1, 0.15) is 17.4 Å². The van der Waals surface area contributed by atoms with E-state index in [1.165, 1.54) is 24.3 Å². The first-order valence-corrected chi connectivity index (χ1v) is 10.9. The monoisotopic (exact) mass is 429 g/mol. The van der Waals surface area contributed by atoms with Gasteiger partial charge in [0.05, 0.1) is 4.90 Å². The quantitative estimate of drug-likeness (QED) is 0.366. The molecule has 8 heteroatoms. The molecule has 1 N–H and O–H groups in total. The van der Waals surface area contributed by atoms with Crippen LogP contribution in [0.5, 0.6) is 5.75 Å². The van der Waals surface area contributed by atoms with Crippen molar-refractivity contribution in [1.29, 1.82) is 0 Å². The molecule has 1 heterocycles. The maximum absolute atomic E-state index is 12.7. The summed E-state index contributed by atoms with van der Waals surface area (Å²) in [6.07, 6.45) is 0. The van der Waals surface area contributed by atoms with Crippen LogP contribution in [0.15, 0.2) is 62.6 Å². The van der Waals surface area contributed by atoms with Crippen LogP contribution in [0.1, 0.15) is 25.0 Å². The largest absolute Gasteiger partial charge is 0.425 e. The van der Waals surface area contributed by atoms with Crippen LogP contribution in [0.25, 0.3) is 11.0 Å². The SMILES string of the molecule is Cc1ccc(S(=O)(=O)NC(C(=O)Oc2ccc3c(C)cc(=O)oc3c2)C(C)C)cc1. The molecule has 7 nitrogen and oxygen atoms in total. The maximum Gasteiger partial charge on any atom is 0.336 e. The van der Waals surface area contributed by atoms with Crippen LogP contribution in [0.4, 0.5) is 0 Å². The number of carbonyl (C=O) groups excluding carboxylic acids is 1. The number of hydrogen-bond acceptors (Lipinski definition) is 6. The molecule has 158 valence electrons. The number of fused-ring (bicyclic) bond motifs is 1. The first-order valence-electron chi connectivity index (χ1n) is 9.42. The first kappa shape index (κ1) is 21.7. The van der Waals surface area contributed by atoms with Crippen molar-refractivity contribution in [2.75, 3.05) is 0 Å². The van der Waals surface area contributed by atoms with Crippen molar-refractivity contribution in [2.45, 2.75) is 38.6 Å². The van der Waals surface area contributed by atoms with Gasteiger partial charge in [0, 0.05) is 17.5 Å². The van der Waals surface area contributed by atoms with Crippen molar-refractivity contribution in [1.82, 2.24) is 4.72 Å². The maximum atomic E-state index is 12.7. The van der Waals surface area contributed by atoms with Gasteiger partial charge < -0.3 is 9.15 Å². The molecule has 0 fully saturated rings. The van der Waals surface area contributed by atoms with Crippen LogP contribution < -0.4 is 15.1 Å². The highest BCUT2D eigenvalue weighted by Crippen LogP contribution is 2.23. The molecule has 0 saturated heterocycles. The Balaban J connectivity index is 1.84. The molecule has 1 unspecified atom stereocenters. The molecule has 30 heavy (non-hydrogen) atoms. The Morgan fingerprint density at radius 1 is 1.03 bits per heavy atom. The average Bonchev–Trinajstić information content (AvgIpc) is 2.65. The van der Waals surface area contributed by atoms with Gasteiger partial charge in [0.2, 0.25) is 10.0 Å². The van der Waals surface area contributed by atoms with E-state index in [4.69, 9.17) is 9.15 Å². The summed E-state index contributed by atoms with van der Waals surface area (Å²) in [5.74, 6) is -0.963. The number of hydrogen-bond donors (Lipinski definition) is 1. The van der Waals surface area contributed by atoms with Gasteiger partial charge in [-0.15, -0.1) is 0 Å². The van der Waals surface area contributed by atoms with Crippen LogP contribution in [-0.4, -0.2) is 20.4 Å². The summed E-state index contributed by atoms with van der Waals surface area (Å²) < 4.78 is 38.4. The standard InChI is InChI=1S/C22H23NO6S/c1-13(2)21(23-30(26,27)17-8-5-14(3)6-9-17)22(25)28-16-7-10-18-15(4)11-20(24)29-19(18)12-16/h5-13,21,23H,1-4H3. The molecule has 0 saturated carbocycles. The van der Waals surface area contributed by atoms with E-state index in [-0.39, 0.29) is 22.1 Å². The number of carbonyl (C=O) groups is 1. The Bertz CT molecular complexity index is 1240. The van der Waals surface area contributed by atoms with Crippen molar-refractivity contribution in [3.05, 3.63) is 70.1 Å². The molecule has 0 amide bonds. The minimum absolute atomic E-state index is 0.0644. The zero-order valence-corrected chi connectivity index (χ0v) is 17.9. The summed E-state index contributed by atoms with van der Waals surface area (Å²) in [5, 5.41) is 0.717. The zero-order chi connectivity index (χ0) is 22.1. The molecule has 3 rings (SSSR count). The van der Waals surface area contributed by atoms with Gasteiger partial charge in [-0.25, -0.2) is 18.0 Å². The predicted octanol–water partition coefficient (Wildman–Crippen LogP) is 3.32. The molecule has 0 radical (unpaired) electrons. The average molecular weight is 429 g/mol. The molecule has 0 aliphatic heterocycles. The van der Waals surface area contributed by atoms with E-state index in [0.717, 1.165) is 16.5 Å². The summed E-state index contributed by atoms with van der Waals surface area (Å²) in [6, 6.07) is 11.3. The van der Waals surface area contributed by atoms with Crippen molar-refractivity contribution >= 4 is 27.0 Å². The number of aryl methyl sites for hydroxylation is 2. The second-order valence-electron chi connectivity index (χ2n) is 7.48. The Kier molecular flexibility index (Phi) is 6.09. The summed E-state index contributed by atoms with van der Waals surface area (Å²) in [7, 11) is -3.92. The van der Waals surface area contributed by atoms with Gasteiger partial charge in [0.15, 0.2) is 0 Å². The van der Waals surface area contributed by atoms with E-state index in [9.17, 15) is 18.0 Å². The topological polar surface area (TPSA) is 103 Å². The number of ether oxygens (including phenoxy) is 1. The van der Waals surface area contributed by atoms with Crippen molar-refractivity contribution in [3.8, 4) is 5.75 Å². The lowest BCUT2D eigenvalue weighted by atomic mass is 10.1. The number of benzene rings is 2. The van der Waals surface area contributed by atoms with Crippen LogP contribution in [-0.2, 0) is 14.8 Å². The fraction of sp³-hybridized carbons (Fsp3) is 0.273. The van der Waals surface area contributed by atoms with Crippen LogP contribution in [0, 0.1) is 19.8 Å². The van der Waals surface area contributed by atoms with E-state index in [0.29, 0.717) is 0 Å². The fourth-order valence-corrected chi connectivity index (χ4v) is 4.29. The predicted molar refractivity (Wildman–Crippen MR) is 113 cm³/mol. The minimum Gasteiger partial charge on any atom is -0.425 e. The Hall–Kier alpha value is -2.97. The highest BCUT2D eigenvalue weighted by molar-refractivity contribution is 7.89. The molecule has 0 spiro atoms. The number of sulfonamides is 1. The Labute approximate surface area is 174 Å². The van der Waals surface area contributed by atoms with Gasteiger partial charge in [-0.1, -0.05) is 31.5 Å². The number of nitrogens with one attached hydrogen (secondary N) is 1. The summed E-state index contributed by atoms with van der Waals surface area (Å²) in [5.41, 5.74) is 1.44. The molecular weight excluding hydrogens is 406 g/mol. The zero-order valence-electron chi connectivity index (χ0n) is 17.1. The van der Waals surface area contributed by atoms with Gasteiger partial charge in [-0.3, -0.25) is 0 Å². The van der Waals surface area contributed by atoms with Crippen LogP contribution >= 0.6 is 0 Å². The first-order chi connectivity index (χ1) is 14.1. The lowest BCUT2D eigenvalue weighted by molar-refractivity contribution is -0.137. The highest BCUT2D eigenvalue weighted by Gasteiger charge is 2.30. The summed E-state index contributed by atoms with van der Waals surface area (Å²) in [4.78, 5) is 24.4. The van der Waals surface area contributed by atoms with Crippen LogP contribution in [0.2, 0.25) is 0 Å². The second kappa shape index (κ2) is 8.41. The molecule has 3 aromatic rings. The van der Waals surface area contributed by atoms with Crippen molar-refractivity contribution in [2.24, 2.45) is 5.92 Å². The molecule has 0 aliphatic rings. The molecular formula is C22H23NO6S. The third-order valence-electron chi connectivity index (χ3n) is 4.68. The smallest absolute Gasteiger partial charge is 0.336 e. The number of esters is 1. The third kappa shape index (κ3) is 4.77. The van der Waals surface area contributed by atoms with Crippen molar-refractivity contribution in [3.63, 3.8) is 0 Å². The molecule has 2 aromatic carbocycles. The summed E-state index contributed by atoms with van der Waals surface area (Å²) in [6.45, 7) is 7.06. The lowest BCUT2D eigenvalue weighted by Gasteiger charge is -2.21. The summed E-state index contributed by atoms with van der Waals surface area (Å²) >= 11 is 0. The Morgan fingerprint density at radius 3 is 2.33 bits per heavy atom.